The van der Waals surface area contributed by atoms with Crippen molar-refractivity contribution in [3.8, 4) is 28.8 Å². The zero-order valence-corrected chi connectivity index (χ0v) is 21.4. The number of benzene rings is 1. The molecule has 4 heterocycles. The van der Waals surface area contributed by atoms with Crippen molar-refractivity contribution >= 4 is 22.4 Å². The highest BCUT2D eigenvalue weighted by Crippen LogP contribution is 2.54. The highest BCUT2D eigenvalue weighted by Gasteiger charge is 2.48. The monoisotopic (exact) mass is 547 g/mol. The summed E-state index contributed by atoms with van der Waals surface area (Å²) in [5.41, 5.74) is -0.632. The molecule has 3 aliphatic rings. The molecule has 1 amide bonds. The number of piperidine rings is 1. The van der Waals surface area contributed by atoms with Crippen LogP contribution < -0.4 is 19.5 Å². The number of carbonyl (C=O) groups excluding carboxylic acids is 1. The SMILES string of the molecule is COc1ncnc(OC)c1C(=O)Nc1nc2c(s1)C1(CCN(C3CC3)CC1)Oc1cc(C(F)(F)F)ccc1-2. The smallest absolute Gasteiger partial charge is 0.416 e. The lowest BCUT2D eigenvalue weighted by atomic mass is 9.85. The molecule has 38 heavy (non-hydrogen) atoms. The van der Waals surface area contributed by atoms with Gasteiger partial charge in [0, 0.05) is 37.5 Å². The number of thiazole rings is 1. The maximum atomic E-state index is 13.5. The van der Waals surface area contributed by atoms with Gasteiger partial charge in [-0.15, -0.1) is 0 Å². The lowest BCUT2D eigenvalue weighted by molar-refractivity contribution is -0.137. The molecule has 1 N–H and O–H groups in total. The first-order valence-electron chi connectivity index (χ1n) is 12.1. The summed E-state index contributed by atoms with van der Waals surface area (Å²) < 4.78 is 57.4. The minimum absolute atomic E-state index is 0.00426. The van der Waals surface area contributed by atoms with Gasteiger partial charge in [0.15, 0.2) is 10.7 Å². The first kappa shape index (κ1) is 24.9. The Morgan fingerprint density at radius 2 is 1.84 bits per heavy atom. The van der Waals surface area contributed by atoms with Crippen molar-refractivity contribution in [3.63, 3.8) is 0 Å². The van der Waals surface area contributed by atoms with Crippen LogP contribution in [0, 0.1) is 0 Å². The Balaban J connectivity index is 1.39. The molecule has 0 unspecified atom stereocenters. The van der Waals surface area contributed by atoms with Crippen LogP contribution in [0.25, 0.3) is 11.3 Å². The topological polar surface area (TPSA) is 98.7 Å². The highest BCUT2D eigenvalue weighted by molar-refractivity contribution is 7.16. The Labute approximate surface area is 220 Å². The van der Waals surface area contributed by atoms with Crippen molar-refractivity contribution < 1.29 is 32.2 Å². The molecule has 13 heteroatoms. The van der Waals surface area contributed by atoms with Gasteiger partial charge in [0.2, 0.25) is 11.8 Å². The zero-order chi connectivity index (χ0) is 26.7. The van der Waals surface area contributed by atoms with E-state index in [1.807, 2.05) is 0 Å². The number of carbonyl (C=O) groups is 1. The number of likely N-dealkylation sites (tertiary alicyclic amines) is 1. The van der Waals surface area contributed by atoms with Crippen LogP contribution in [-0.4, -0.2) is 59.1 Å². The molecule has 0 bridgehead atoms. The molecule has 1 saturated carbocycles. The summed E-state index contributed by atoms with van der Waals surface area (Å²) in [6.07, 6.45) is 0.273. The van der Waals surface area contributed by atoms with E-state index in [0.717, 1.165) is 30.1 Å². The molecular weight excluding hydrogens is 523 g/mol. The van der Waals surface area contributed by atoms with Crippen molar-refractivity contribution in [1.82, 2.24) is 19.9 Å². The van der Waals surface area contributed by atoms with Gasteiger partial charge in [-0.2, -0.15) is 13.2 Å². The molecule has 9 nitrogen and oxygen atoms in total. The lowest BCUT2D eigenvalue weighted by Gasteiger charge is -2.44. The fourth-order valence-electron chi connectivity index (χ4n) is 5.14. The van der Waals surface area contributed by atoms with Crippen molar-refractivity contribution in [2.45, 2.75) is 43.5 Å². The molecule has 1 aromatic carbocycles. The van der Waals surface area contributed by atoms with E-state index in [9.17, 15) is 18.0 Å². The number of alkyl halides is 3. The molecule has 6 rings (SSSR count). The second kappa shape index (κ2) is 9.09. The minimum Gasteiger partial charge on any atom is -0.481 e. The third kappa shape index (κ3) is 4.23. The van der Waals surface area contributed by atoms with Gasteiger partial charge in [0.05, 0.1) is 30.4 Å². The quantitative estimate of drug-likeness (QED) is 0.490. The summed E-state index contributed by atoms with van der Waals surface area (Å²) in [5, 5.41) is 3.04. The van der Waals surface area contributed by atoms with Crippen molar-refractivity contribution in [2.24, 2.45) is 0 Å². The van der Waals surface area contributed by atoms with Gasteiger partial charge >= 0.3 is 6.18 Å². The number of nitrogens with one attached hydrogen (secondary N) is 1. The van der Waals surface area contributed by atoms with E-state index in [1.165, 1.54) is 50.8 Å². The first-order valence-corrected chi connectivity index (χ1v) is 12.9. The lowest BCUT2D eigenvalue weighted by Crippen LogP contribution is -2.47. The largest absolute Gasteiger partial charge is 0.481 e. The van der Waals surface area contributed by atoms with Crippen LogP contribution in [0.1, 0.15) is 46.5 Å². The van der Waals surface area contributed by atoms with Crippen molar-refractivity contribution in [2.75, 3.05) is 32.6 Å². The number of fused-ring (bicyclic) bond motifs is 4. The van der Waals surface area contributed by atoms with E-state index in [4.69, 9.17) is 14.2 Å². The molecule has 0 radical (unpaired) electrons. The number of aromatic nitrogens is 3. The van der Waals surface area contributed by atoms with Crippen molar-refractivity contribution in [3.05, 3.63) is 40.5 Å². The molecule has 2 fully saturated rings. The predicted molar refractivity (Wildman–Crippen MR) is 132 cm³/mol. The fraction of sp³-hybridized carbons (Fsp3) is 0.440. The van der Waals surface area contributed by atoms with Crippen LogP contribution in [0.2, 0.25) is 0 Å². The van der Waals surface area contributed by atoms with Crippen LogP contribution in [-0.2, 0) is 11.8 Å². The molecular formula is C25H24F3N5O4S. The van der Waals surface area contributed by atoms with E-state index in [2.05, 4.69) is 25.2 Å². The zero-order valence-electron chi connectivity index (χ0n) is 20.6. The molecule has 3 aromatic rings. The second-order valence-electron chi connectivity index (χ2n) is 9.49. The maximum Gasteiger partial charge on any atom is 0.416 e. The van der Waals surface area contributed by atoms with Gasteiger partial charge in [0.1, 0.15) is 17.7 Å². The van der Waals surface area contributed by atoms with Crippen LogP contribution in [0.5, 0.6) is 17.5 Å². The summed E-state index contributed by atoms with van der Waals surface area (Å²) in [5.74, 6) is -0.368. The third-order valence-corrected chi connectivity index (χ3v) is 8.35. The molecule has 2 aromatic heterocycles. The third-order valence-electron chi connectivity index (χ3n) is 7.19. The standard InChI is InChI=1S/C25H24F3N5O4S/c1-35-21-17(22(36-2)30-12-29-21)20(34)32-23-31-18-15-6-3-13(25(26,27)28)11-16(15)37-24(19(18)38-23)7-9-33(10-8-24)14-4-5-14/h3,6,11-12,14H,4-5,7-10H2,1-2H3,(H,31,32,34). The minimum atomic E-state index is -4.50. The average molecular weight is 548 g/mol. The Bertz CT molecular complexity index is 1380. The number of methoxy groups -OCH3 is 2. The van der Waals surface area contributed by atoms with E-state index < -0.39 is 23.2 Å². The van der Waals surface area contributed by atoms with E-state index in [1.54, 1.807) is 0 Å². The van der Waals surface area contributed by atoms with Crippen molar-refractivity contribution in [1.29, 1.82) is 0 Å². The normalized spacial score (nSPS) is 18.3. The molecule has 1 saturated heterocycles. The summed E-state index contributed by atoms with van der Waals surface area (Å²) in [7, 11) is 2.75. The molecule has 200 valence electrons. The van der Waals surface area contributed by atoms with Crippen LogP contribution in [0.3, 0.4) is 0 Å². The molecule has 2 aliphatic heterocycles. The Morgan fingerprint density at radius 3 is 2.45 bits per heavy atom. The van der Waals surface area contributed by atoms with Gasteiger partial charge in [0.25, 0.3) is 5.91 Å². The Kier molecular flexibility index (Phi) is 5.94. The van der Waals surface area contributed by atoms with Crippen LogP contribution in [0.15, 0.2) is 24.5 Å². The second-order valence-corrected chi connectivity index (χ2v) is 10.5. The van der Waals surface area contributed by atoms with E-state index >= 15 is 0 Å². The predicted octanol–water partition coefficient (Wildman–Crippen LogP) is 4.73. The molecule has 0 atom stereocenters. The maximum absolute atomic E-state index is 13.5. The number of ether oxygens (including phenoxy) is 3. The number of rotatable bonds is 5. The number of anilines is 1. The molecule has 1 spiro atoms. The highest BCUT2D eigenvalue weighted by atomic mass is 32.1. The van der Waals surface area contributed by atoms with Gasteiger partial charge in [-0.3, -0.25) is 10.1 Å². The number of nitrogens with zero attached hydrogens (tertiary/aromatic N) is 4. The summed E-state index contributed by atoms with van der Waals surface area (Å²) >= 11 is 1.26. The Hall–Kier alpha value is -3.45. The summed E-state index contributed by atoms with van der Waals surface area (Å²) in [6.45, 7) is 1.54. The number of hydrogen-bond acceptors (Lipinski definition) is 9. The summed E-state index contributed by atoms with van der Waals surface area (Å²) in [6, 6.07) is 4.02. The Morgan fingerprint density at radius 1 is 1.16 bits per heavy atom. The number of hydrogen-bond donors (Lipinski definition) is 1. The van der Waals surface area contributed by atoms with Gasteiger partial charge in [-0.05, 0) is 31.0 Å². The molecule has 1 aliphatic carbocycles. The number of amides is 1. The summed E-state index contributed by atoms with van der Waals surface area (Å²) in [4.78, 5) is 29.1. The average Bonchev–Trinajstić information content (AvgIpc) is 3.66. The fourth-order valence-corrected chi connectivity index (χ4v) is 6.30. The van der Waals surface area contributed by atoms with E-state index in [0.29, 0.717) is 30.1 Å². The van der Waals surface area contributed by atoms with Crippen LogP contribution >= 0.6 is 11.3 Å². The van der Waals surface area contributed by atoms with Crippen LogP contribution in [0.4, 0.5) is 18.3 Å². The van der Waals surface area contributed by atoms with Gasteiger partial charge in [-0.25, -0.2) is 15.0 Å². The number of halogens is 3. The van der Waals surface area contributed by atoms with Gasteiger partial charge < -0.3 is 19.1 Å². The van der Waals surface area contributed by atoms with Gasteiger partial charge in [-0.1, -0.05) is 11.3 Å². The first-order chi connectivity index (χ1) is 18.2. The van der Waals surface area contributed by atoms with E-state index in [-0.39, 0.29) is 28.2 Å².